The summed E-state index contributed by atoms with van der Waals surface area (Å²) >= 11 is 0. The predicted molar refractivity (Wildman–Crippen MR) is 88.8 cm³/mol. The molecule has 0 bridgehead atoms. The Balaban J connectivity index is 2.07. The van der Waals surface area contributed by atoms with E-state index in [1.54, 1.807) is 24.3 Å². The van der Waals surface area contributed by atoms with Crippen LogP contribution in [0.15, 0.2) is 42.5 Å². The molecule has 0 atom stereocenters. The van der Waals surface area contributed by atoms with Gasteiger partial charge < -0.3 is 9.84 Å². The molecule has 3 aromatic rings. The van der Waals surface area contributed by atoms with E-state index < -0.39 is 17.6 Å². The van der Waals surface area contributed by atoms with Crippen molar-refractivity contribution in [3.63, 3.8) is 0 Å². The van der Waals surface area contributed by atoms with E-state index in [0.717, 1.165) is 12.1 Å². The molecule has 0 aliphatic rings. The Morgan fingerprint density at radius 3 is 2.60 bits per heavy atom. The topological polar surface area (TPSA) is 59.4 Å². The van der Waals surface area contributed by atoms with E-state index in [0.29, 0.717) is 28.6 Å². The lowest BCUT2D eigenvalue weighted by Gasteiger charge is -2.15. The average Bonchev–Trinajstić information content (AvgIpc) is 2.61. The van der Waals surface area contributed by atoms with Crippen LogP contribution >= 0.6 is 0 Å². The molecule has 0 aliphatic heterocycles. The molecule has 25 heavy (non-hydrogen) atoms. The molecular formula is C19H15F2NO3. The standard InChI is InChI=1S/C19H15F2NO3/c1-2-15-17(19(23)24)18(12-5-3-4-6-16(12)22-15)25-10-11-7-8-13(20)14(21)9-11/h3-9H,2,10H2,1H3,(H,23,24). The average molecular weight is 343 g/mol. The highest BCUT2D eigenvalue weighted by Crippen LogP contribution is 2.32. The van der Waals surface area contributed by atoms with Gasteiger partial charge in [-0.15, -0.1) is 0 Å². The zero-order valence-electron chi connectivity index (χ0n) is 13.4. The number of halogens is 2. The van der Waals surface area contributed by atoms with Crippen molar-refractivity contribution < 1.29 is 23.4 Å². The minimum atomic E-state index is -1.14. The van der Waals surface area contributed by atoms with Gasteiger partial charge in [0.05, 0.1) is 11.2 Å². The lowest BCUT2D eigenvalue weighted by Crippen LogP contribution is -2.10. The van der Waals surface area contributed by atoms with Crippen molar-refractivity contribution in [2.75, 3.05) is 0 Å². The highest BCUT2D eigenvalue weighted by molar-refractivity contribution is 6.00. The van der Waals surface area contributed by atoms with Crippen LogP contribution in [0.2, 0.25) is 0 Å². The first-order chi connectivity index (χ1) is 12.0. The summed E-state index contributed by atoms with van der Waals surface area (Å²) in [4.78, 5) is 16.1. The molecule has 0 unspecified atom stereocenters. The minimum absolute atomic E-state index is 0.0104. The molecule has 3 rings (SSSR count). The van der Waals surface area contributed by atoms with Crippen molar-refractivity contribution in [2.24, 2.45) is 0 Å². The van der Waals surface area contributed by atoms with E-state index >= 15 is 0 Å². The number of para-hydroxylation sites is 1. The molecule has 128 valence electrons. The highest BCUT2D eigenvalue weighted by Gasteiger charge is 2.21. The molecule has 0 radical (unpaired) electrons. The van der Waals surface area contributed by atoms with Gasteiger partial charge in [-0.25, -0.2) is 13.6 Å². The molecule has 1 N–H and O–H groups in total. The number of hydrogen-bond acceptors (Lipinski definition) is 3. The Labute approximate surface area is 142 Å². The number of carbonyl (C=O) groups is 1. The van der Waals surface area contributed by atoms with Gasteiger partial charge >= 0.3 is 5.97 Å². The van der Waals surface area contributed by atoms with Gasteiger partial charge in [-0.05, 0) is 36.2 Å². The third kappa shape index (κ3) is 3.28. The number of ether oxygens (including phenoxy) is 1. The molecule has 0 saturated heterocycles. The van der Waals surface area contributed by atoms with E-state index in [9.17, 15) is 18.7 Å². The number of carboxylic acid groups (broad SMARTS) is 1. The van der Waals surface area contributed by atoms with Crippen LogP contribution in [-0.4, -0.2) is 16.1 Å². The van der Waals surface area contributed by atoms with Crippen molar-refractivity contribution >= 4 is 16.9 Å². The smallest absolute Gasteiger partial charge is 0.341 e. The van der Waals surface area contributed by atoms with Crippen LogP contribution in [-0.2, 0) is 13.0 Å². The lowest BCUT2D eigenvalue weighted by molar-refractivity contribution is 0.0690. The maximum atomic E-state index is 13.3. The number of nitrogens with zero attached hydrogens (tertiary/aromatic N) is 1. The Morgan fingerprint density at radius 1 is 1.16 bits per heavy atom. The molecule has 0 amide bonds. The second-order valence-corrected chi connectivity index (χ2v) is 5.48. The molecule has 0 spiro atoms. The fourth-order valence-electron chi connectivity index (χ4n) is 2.64. The van der Waals surface area contributed by atoms with Gasteiger partial charge in [-0.1, -0.05) is 25.1 Å². The van der Waals surface area contributed by atoms with E-state index in [1.165, 1.54) is 6.07 Å². The molecule has 2 aromatic carbocycles. The number of aromatic nitrogens is 1. The molecule has 1 heterocycles. The fraction of sp³-hybridized carbons (Fsp3) is 0.158. The molecular weight excluding hydrogens is 328 g/mol. The van der Waals surface area contributed by atoms with Crippen molar-refractivity contribution in [3.05, 3.63) is 70.9 Å². The summed E-state index contributed by atoms with van der Waals surface area (Å²) in [5.41, 5.74) is 1.41. The first kappa shape index (κ1) is 16.8. The Hall–Kier alpha value is -3.02. The van der Waals surface area contributed by atoms with Crippen LogP contribution in [0.3, 0.4) is 0 Å². The largest absolute Gasteiger partial charge is 0.487 e. The van der Waals surface area contributed by atoms with Gasteiger partial charge in [0.25, 0.3) is 0 Å². The number of pyridine rings is 1. The monoisotopic (exact) mass is 343 g/mol. The van der Waals surface area contributed by atoms with Gasteiger partial charge in [0.1, 0.15) is 17.9 Å². The van der Waals surface area contributed by atoms with Crippen molar-refractivity contribution in [1.29, 1.82) is 0 Å². The summed E-state index contributed by atoms with van der Waals surface area (Å²) in [6.07, 6.45) is 0.425. The first-order valence-electron chi connectivity index (χ1n) is 7.73. The quantitative estimate of drug-likeness (QED) is 0.748. The number of aromatic carboxylic acids is 1. The van der Waals surface area contributed by atoms with Crippen molar-refractivity contribution in [1.82, 2.24) is 4.98 Å². The number of aryl methyl sites for hydroxylation is 1. The second-order valence-electron chi connectivity index (χ2n) is 5.48. The number of fused-ring (bicyclic) bond motifs is 1. The third-order valence-electron chi connectivity index (χ3n) is 3.84. The van der Waals surface area contributed by atoms with E-state index in [2.05, 4.69) is 4.98 Å². The predicted octanol–water partition coefficient (Wildman–Crippen LogP) is 4.35. The van der Waals surface area contributed by atoms with Gasteiger partial charge in [0, 0.05) is 5.39 Å². The summed E-state index contributed by atoms with van der Waals surface area (Å²) in [5, 5.41) is 10.1. The van der Waals surface area contributed by atoms with Crippen LogP contribution in [0, 0.1) is 11.6 Å². The Kier molecular flexibility index (Phi) is 4.61. The molecule has 0 aliphatic carbocycles. The Morgan fingerprint density at radius 2 is 1.92 bits per heavy atom. The SMILES string of the molecule is CCc1nc2ccccc2c(OCc2ccc(F)c(F)c2)c1C(=O)O. The lowest BCUT2D eigenvalue weighted by atomic mass is 10.1. The van der Waals surface area contributed by atoms with Crippen molar-refractivity contribution in [2.45, 2.75) is 20.0 Å². The summed E-state index contributed by atoms with van der Waals surface area (Å²) in [6, 6.07) is 10.5. The Bertz CT molecular complexity index is 957. The maximum Gasteiger partial charge on any atom is 0.341 e. The summed E-state index contributed by atoms with van der Waals surface area (Å²) < 4.78 is 32.1. The maximum absolute atomic E-state index is 13.3. The van der Waals surface area contributed by atoms with Crippen LogP contribution in [0.4, 0.5) is 8.78 Å². The normalized spacial score (nSPS) is 10.8. The van der Waals surface area contributed by atoms with Gasteiger partial charge in [0.2, 0.25) is 0 Å². The first-order valence-corrected chi connectivity index (χ1v) is 7.73. The van der Waals surface area contributed by atoms with Crippen LogP contribution in [0.5, 0.6) is 5.75 Å². The van der Waals surface area contributed by atoms with Crippen LogP contribution in [0.25, 0.3) is 10.9 Å². The molecule has 0 fully saturated rings. The summed E-state index contributed by atoms with van der Waals surface area (Å²) in [5.74, 6) is -2.89. The van der Waals surface area contributed by atoms with E-state index in [-0.39, 0.29) is 17.9 Å². The highest BCUT2D eigenvalue weighted by atomic mass is 19.2. The van der Waals surface area contributed by atoms with Gasteiger partial charge in [-0.3, -0.25) is 4.98 Å². The molecule has 6 heteroatoms. The van der Waals surface area contributed by atoms with E-state index in [1.807, 2.05) is 6.92 Å². The molecule has 4 nitrogen and oxygen atoms in total. The number of hydrogen-bond donors (Lipinski definition) is 1. The third-order valence-corrected chi connectivity index (χ3v) is 3.84. The zero-order valence-corrected chi connectivity index (χ0v) is 13.4. The van der Waals surface area contributed by atoms with Crippen molar-refractivity contribution in [3.8, 4) is 5.75 Å². The van der Waals surface area contributed by atoms with Gasteiger partial charge in [-0.2, -0.15) is 0 Å². The summed E-state index contributed by atoms with van der Waals surface area (Å²) in [7, 11) is 0. The number of carboxylic acids is 1. The molecule has 1 aromatic heterocycles. The fourth-order valence-corrected chi connectivity index (χ4v) is 2.64. The molecule has 0 saturated carbocycles. The zero-order chi connectivity index (χ0) is 18.0. The van der Waals surface area contributed by atoms with Crippen LogP contribution < -0.4 is 4.74 Å². The second kappa shape index (κ2) is 6.84. The number of rotatable bonds is 5. The summed E-state index contributed by atoms with van der Waals surface area (Å²) in [6.45, 7) is 1.72. The minimum Gasteiger partial charge on any atom is -0.487 e. The van der Waals surface area contributed by atoms with Gasteiger partial charge in [0.15, 0.2) is 11.6 Å². The van der Waals surface area contributed by atoms with E-state index in [4.69, 9.17) is 4.74 Å². The van der Waals surface area contributed by atoms with Crippen LogP contribution in [0.1, 0.15) is 28.5 Å². The number of benzene rings is 2.